The third kappa shape index (κ3) is 6.31. The maximum Gasteiger partial charge on any atom is 0.494 e. The molecule has 0 unspecified atom stereocenters. The number of benzene rings is 1. The smallest absolute Gasteiger partial charge is 0.399 e. The fourth-order valence-corrected chi connectivity index (χ4v) is 4.45. The van der Waals surface area contributed by atoms with Crippen molar-refractivity contribution in [3.05, 3.63) is 64.6 Å². The Labute approximate surface area is 218 Å². The number of allylic oxidation sites excluding steroid dienone is 1. The summed E-state index contributed by atoms with van der Waals surface area (Å²) in [5.74, 6) is 1.08. The van der Waals surface area contributed by atoms with Gasteiger partial charge < -0.3 is 14.2 Å². The summed E-state index contributed by atoms with van der Waals surface area (Å²) in [5.41, 5.74) is 6.21. The molecule has 1 saturated carbocycles. The van der Waals surface area contributed by atoms with Crippen molar-refractivity contribution in [2.75, 3.05) is 11.4 Å². The number of pyridine rings is 1. The van der Waals surface area contributed by atoms with E-state index in [1.165, 1.54) is 29.7 Å². The second-order valence-electron chi connectivity index (χ2n) is 10.7. The molecule has 0 N–H and O–H groups in total. The first-order valence-electron chi connectivity index (χ1n) is 13.0. The molecule has 0 atom stereocenters. The van der Waals surface area contributed by atoms with E-state index in [9.17, 15) is 0 Å². The maximum absolute atomic E-state index is 6.26. The lowest BCUT2D eigenvalue weighted by molar-refractivity contribution is 0.00578. The number of rotatable bonds is 4. The molecule has 2 fully saturated rings. The van der Waals surface area contributed by atoms with Gasteiger partial charge in [-0.15, -0.1) is 0 Å². The summed E-state index contributed by atoms with van der Waals surface area (Å²) in [5, 5.41) is 0.543. The van der Waals surface area contributed by atoms with E-state index in [1.807, 2.05) is 26.0 Å². The van der Waals surface area contributed by atoms with Crippen molar-refractivity contribution < 1.29 is 9.31 Å². The standard InChI is InChI=1S/C23H28BClN2O2.C4H8.C2H6/c1-15-12-19(24-28-22(3,4)23(5,6)29-24)14-17-9-11-27(20(15)17)16(2)13-18-8-7-10-26-21(18)25;1-4-2-3-4;1-2/h7-8,10,12,14H,2,9,11,13H2,1,3-6H3;4H,2-3H2,1H3;1-2H3. The summed E-state index contributed by atoms with van der Waals surface area (Å²) >= 11 is 6.25. The molecule has 3 aliphatic rings. The Kier molecular flexibility index (Phi) is 8.78. The predicted octanol–water partition coefficient (Wildman–Crippen LogP) is 6.90. The van der Waals surface area contributed by atoms with Gasteiger partial charge in [0.2, 0.25) is 0 Å². The van der Waals surface area contributed by atoms with Gasteiger partial charge in [0.15, 0.2) is 0 Å². The molecule has 190 valence electrons. The number of halogens is 1. The van der Waals surface area contributed by atoms with Crippen LogP contribution in [0, 0.1) is 12.8 Å². The Hall–Kier alpha value is -1.82. The Morgan fingerprint density at radius 2 is 1.77 bits per heavy atom. The molecule has 2 aromatic rings. The van der Waals surface area contributed by atoms with Crippen LogP contribution in [0.4, 0.5) is 5.69 Å². The first-order chi connectivity index (χ1) is 16.5. The lowest BCUT2D eigenvalue weighted by Crippen LogP contribution is -2.41. The first kappa shape index (κ1) is 27.8. The van der Waals surface area contributed by atoms with Crippen LogP contribution in [-0.2, 0) is 22.2 Å². The zero-order valence-corrected chi connectivity index (χ0v) is 23.6. The van der Waals surface area contributed by atoms with Crippen molar-refractivity contribution in [2.45, 2.75) is 92.3 Å². The van der Waals surface area contributed by atoms with Crippen LogP contribution >= 0.6 is 11.6 Å². The topological polar surface area (TPSA) is 34.6 Å². The third-order valence-corrected chi connectivity index (χ3v) is 7.62. The molecule has 0 bridgehead atoms. The fraction of sp³-hybridized carbons (Fsp3) is 0.552. The monoisotopic (exact) mass is 496 g/mol. The van der Waals surface area contributed by atoms with Crippen molar-refractivity contribution in [1.82, 2.24) is 4.98 Å². The zero-order chi connectivity index (χ0) is 26.0. The van der Waals surface area contributed by atoms with Crippen LogP contribution in [0.5, 0.6) is 0 Å². The Morgan fingerprint density at radius 3 is 2.31 bits per heavy atom. The van der Waals surface area contributed by atoms with Crippen molar-refractivity contribution >= 4 is 29.9 Å². The second-order valence-corrected chi connectivity index (χ2v) is 11.1. The number of nitrogens with zero attached hydrogens (tertiary/aromatic N) is 2. The molecule has 0 radical (unpaired) electrons. The quantitative estimate of drug-likeness (QED) is 0.340. The molecule has 6 heteroatoms. The molecule has 0 amide bonds. The van der Waals surface area contributed by atoms with E-state index >= 15 is 0 Å². The van der Waals surface area contributed by atoms with Gasteiger partial charge in [0.1, 0.15) is 5.15 Å². The molecule has 35 heavy (non-hydrogen) atoms. The normalized spacial score (nSPS) is 19.3. The number of hydrogen-bond donors (Lipinski definition) is 0. The Morgan fingerprint density at radius 1 is 1.17 bits per heavy atom. The largest absolute Gasteiger partial charge is 0.494 e. The van der Waals surface area contributed by atoms with E-state index in [4.69, 9.17) is 20.9 Å². The van der Waals surface area contributed by atoms with E-state index in [0.717, 1.165) is 35.6 Å². The minimum atomic E-state index is -0.339. The summed E-state index contributed by atoms with van der Waals surface area (Å²) in [4.78, 5) is 6.49. The Bertz CT molecular complexity index is 1030. The first-order valence-corrected chi connectivity index (χ1v) is 13.4. The van der Waals surface area contributed by atoms with Crippen molar-refractivity contribution in [3.63, 3.8) is 0 Å². The molecule has 4 nitrogen and oxygen atoms in total. The number of aromatic nitrogens is 1. The molecular weight excluding hydrogens is 455 g/mol. The maximum atomic E-state index is 6.26. The highest BCUT2D eigenvalue weighted by molar-refractivity contribution is 6.62. The lowest BCUT2D eigenvalue weighted by Gasteiger charge is -2.32. The summed E-state index contributed by atoms with van der Waals surface area (Å²) in [6.07, 6.45) is 6.34. The van der Waals surface area contributed by atoms with Crippen LogP contribution < -0.4 is 10.4 Å². The van der Waals surface area contributed by atoms with E-state index in [-0.39, 0.29) is 18.3 Å². The van der Waals surface area contributed by atoms with E-state index in [1.54, 1.807) is 6.20 Å². The van der Waals surface area contributed by atoms with Gasteiger partial charge in [-0.2, -0.15) is 0 Å². The number of anilines is 1. The van der Waals surface area contributed by atoms with Gasteiger partial charge in [-0.05, 0) is 75.2 Å². The van der Waals surface area contributed by atoms with Gasteiger partial charge in [0.25, 0.3) is 0 Å². The average Bonchev–Trinajstić information content (AvgIpc) is 3.39. The summed E-state index contributed by atoms with van der Waals surface area (Å²) < 4.78 is 12.5. The lowest BCUT2D eigenvalue weighted by atomic mass is 9.77. The number of fused-ring (bicyclic) bond motifs is 1. The van der Waals surface area contributed by atoms with Gasteiger partial charge in [0.05, 0.1) is 11.2 Å². The number of hydrogen-bond acceptors (Lipinski definition) is 4. The molecule has 2 aliphatic heterocycles. The molecule has 3 heterocycles. The molecule has 1 aliphatic carbocycles. The molecular formula is C29H42BClN2O2. The molecule has 0 spiro atoms. The molecule has 5 rings (SSSR count). The van der Waals surface area contributed by atoms with E-state index in [0.29, 0.717) is 11.6 Å². The van der Waals surface area contributed by atoms with Crippen LogP contribution in [0.15, 0.2) is 42.7 Å². The predicted molar refractivity (Wildman–Crippen MR) is 150 cm³/mol. The Balaban J connectivity index is 0.000000508. The minimum absolute atomic E-state index is 0.338. The number of aryl methyl sites for hydroxylation is 1. The zero-order valence-electron chi connectivity index (χ0n) is 22.9. The van der Waals surface area contributed by atoms with E-state index < -0.39 is 0 Å². The van der Waals surface area contributed by atoms with Crippen LogP contribution in [0.2, 0.25) is 5.15 Å². The second kappa shape index (κ2) is 11.1. The van der Waals surface area contributed by atoms with Crippen LogP contribution in [0.1, 0.15) is 78.0 Å². The van der Waals surface area contributed by atoms with E-state index in [2.05, 4.69) is 70.1 Å². The van der Waals surface area contributed by atoms with Crippen LogP contribution in [0.3, 0.4) is 0 Å². The highest BCUT2D eigenvalue weighted by atomic mass is 35.5. The molecule has 1 aromatic heterocycles. The molecule has 1 saturated heterocycles. The third-order valence-electron chi connectivity index (χ3n) is 7.28. The minimum Gasteiger partial charge on any atom is -0.399 e. The summed E-state index contributed by atoms with van der Waals surface area (Å²) in [7, 11) is -0.338. The summed E-state index contributed by atoms with van der Waals surface area (Å²) in [6, 6.07) is 8.33. The van der Waals surface area contributed by atoms with Crippen molar-refractivity contribution in [2.24, 2.45) is 5.92 Å². The highest BCUT2D eigenvalue weighted by Gasteiger charge is 2.52. The van der Waals surface area contributed by atoms with Crippen molar-refractivity contribution in [3.8, 4) is 0 Å². The van der Waals surface area contributed by atoms with Gasteiger partial charge in [-0.25, -0.2) is 4.98 Å². The average molecular weight is 497 g/mol. The van der Waals surface area contributed by atoms with Crippen LogP contribution in [-0.4, -0.2) is 29.8 Å². The SMILES string of the molecule is C=C(Cc1cccnc1Cl)N1CCc2cc(B3OC(C)(C)C(C)(C)O3)cc(C)c21.CC.CC1CC1. The van der Waals surface area contributed by atoms with Crippen molar-refractivity contribution in [1.29, 1.82) is 0 Å². The van der Waals surface area contributed by atoms with Crippen LogP contribution in [0.25, 0.3) is 0 Å². The highest BCUT2D eigenvalue weighted by Crippen LogP contribution is 2.38. The van der Waals surface area contributed by atoms with Gasteiger partial charge in [0, 0.05) is 30.5 Å². The molecule has 1 aromatic carbocycles. The fourth-order valence-electron chi connectivity index (χ4n) is 4.27. The van der Waals surface area contributed by atoms with Gasteiger partial charge in [-0.1, -0.05) is 70.0 Å². The summed E-state index contributed by atoms with van der Waals surface area (Å²) in [6.45, 7) is 22.0. The van der Waals surface area contributed by atoms with Gasteiger partial charge >= 0.3 is 7.12 Å². The van der Waals surface area contributed by atoms with Gasteiger partial charge in [-0.3, -0.25) is 0 Å².